The summed E-state index contributed by atoms with van der Waals surface area (Å²) in [5.74, 6) is 0. The average Bonchev–Trinajstić information content (AvgIpc) is 2.98. The Morgan fingerprint density at radius 1 is 1.31 bits per heavy atom. The molecule has 1 saturated carbocycles. The van der Waals surface area contributed by atoms with Gasteiger partial charge in [-0.05, 0) is 30.9 Å². The highest BCUT2D eigenvalue weighted by Crippen LogP contribution is 2.52. The van der Waals surface area contributed by atoms with E-state index in [1.807, 2.05) is 0 Å². The molecule has 2 aliphatic rings. The lowest BCUT2D eigenvalue weighted by Gasteiger charge is -2.15. The first-order chi connectivity index (χ1) is 7.82. The van der Waals surface area contributed by atoms with Gasteiger partial charge in [0.2, 0.25) is 0 Å². The number of benzene rings is 1. The Morgan fingerprint density at radius 2 is 2.06 bits per heavy atom. The number of hydrogen-bond acceptors (Lipinski definition) is 2. The smallest absolute Gasteiger partial charge is 0.0260 e. The molecule has 1 atom stereocenters. The summed E-state index contributed by atoms with van der Waals surface area (Å²) in [6, 6.07) is 11.5. The van der Waals surface area contributed by atoms with Crippen molar-refractivity contribution in [1.82, 2.24) is 10.2 Å². The molecule has 1 aliphatic heterocycles. The molecule has 1 aromatic rings. The summed E-state index contributed by atoms with van der Waals surface area (Å²) in [6.07, 6.45) is 2.84. The van der Waals surface area contributed by atoms with Crippen LogP contribution >= 0.6 is 0 Å². The Hall–Kier alpha value is -0.860. The molecule has 1 N–H and O–H groups in total. The van der Waals surface area contributed by atoms with Gasteiger partial charge in [0, 0.05) is 25.7 Å². The van der Waals surface area contributed by atoms with Crippen molar-refractivity contribution < 1.29 is 0 Å². The van der Waals surface area contributed by atoms with Crippen molar-refractivity contribution in [2.75, 3.05) is 20.1 Å². The SMILES string of the molecule is CNC1CN(Cc2ccccc2)CC12CC2. The number of likely N-dealkylation sites (tertiary alicyclic amines) is 1. The van der Waals surface area contributed by atoms with Crippen LogP contribution in [-0.2, 0) is 6.54 Å². The summed E-state index contributed by atoms with van der Waals surface area (Å²) in [7, 11) is 2.11. The molecule has 0 aromatic heterocycles. The van der Waals surface area contributed by atoms with Crippen LogP contribution in [0.1, 0.15) is 18.4 Å². The van der Waals surface area contributed by atoms with Gasteiger partial charge in [0.05, 0.1) is 0 Å². The molecular formula is C14H20N2. The molecule has 1 saturated heterocycles. The Balaban J connectivity index is 1.66. The van der Waals surface area contributed by atoms with Crippen LogP contribution in [-0.4, -0.2) is 31.1 Å². The van der Waals surface area contributed by atoms with E-state index in [0.29, 0.717) is 5.41 Å². The number of likely N-dealkylation sites (N-methyl/N-ethyl adjacent to an activating group) is 1. The second kappa shape index (κ2) is 3.86. The predicted octanol–water partition coefficient (Wildman–Crippen LogP) is 1.87. The van der Waals surface area contributed by atoms with Gasteiger partial charge >= 0.3 is 0 Å². The fourth-order valence-electron chi connectivity index (χ4n) is 3.10. The van der Waals surface area contributed by atoms with Crippen LogP contribution in [0.3, 0.4) is 0 Å². The molecule has 2 nitrogen and oxygen atoms in total. The lowest BCUT2D eigenvalue weighted by Crippen LogP contribution is -2.34. The summed E-state index contributed by atoms with van der Waals surface area (Å²) in [6.45, 7) is 3.61. The first-order valence-corrected chi connectivity index (χ1v) is 6.26. The maximum absolute atomic E-state index is 3.49. The van der Waals surface area contributed by atoms with E-state index < -0.39 is 0 Å². The maximum atomic E-state index is 3.49. The van der Waals surface area contributed by atoms with Crippen molar-refractivity contribution in [3.63, 3.8) is 0 Å². The van der Waals surface area contributed by atoms with E-state index in [0.717, 1.165) is 12.6 Å². The number of nitrogens with one attached hydrogen (secondary N) is 1. The molecule has 0 radical (unpaired) electrons. The molecule has 1 aromatic carbocycles. The van der Waals surface area contributed by atoms with Gasteiger partial charge in [-0.15, -0.1) is 0 Å². The van der Waals surface area contributed by atoms with Crippen molar-refractivity contribution in [2.45, 2.75) is 25.4 Å². The molecule has 2 heteroatoms. The zero-order chi connectivity index (χ0) is 11.0. The van der Waals surface area contributed by atoms with Crippen molar-refractivity contribution in [1.29, 1.82) is 0 Å². The Kier molecular flexibility index (Phi) is 2.49. The number of nitrogens with zero attached hydrogens (tertiary/aromatic N) is 1. The molecule has 1 spiro atoms. The van der Waals surface area contributed by atoms with E-state index in [1.54, 1.807) is 0 Å². The number of rotatable bonds is 3. The third-order valence-electron chi connectivity index (χ3n) is 4.21. The van der Waals surface area contributed by atoms with Crippen LogP contribution < -0.4 is 5.32 Å². The van der Waals surface area contributed by atoms with Gasteiger partial charge in [0.15, 0.2) is 0 Å². The summed E-state index contributed by atoms with van der Waals surface area (Å²) < 4.78 is 0. The van der Waals surface area contributed by atoms with Crippen LogP contribution in [0, 0.1) is 5.41 Å². The van der Waals surface area contributed by atoms with Crippen LogP contribution in [0.25, 0.3) is 0 Å². The second-order valence-corrected chi connectivity index (χ2v) is 5.36. The fourth-order valence-corrected chi connectivity index (χ4v) is 3.10. The average molecular weight is 216 g/mol. The molecule has 3 rings (SSSR count). The molecule has 1 unspecified atom stereocenters. The third kappa shape index (κ3) is 1.76. The standard InChI is InChI=1S/C14H20N2/c1-15-13-10-16(11-14(13)7-8-14)9-12-5-3-2-4-6-12/h2-6,13,15H,7-11H2,1H3. The van der Waals surface area contributed by atoms with Crippen LogP contribution in [0.15, 0.2) is 30.3 Å². The van der Waals surface area contributed by atoms with Crippen molar-refractivity contribution in [3.05, 3.63) is 35.9 Å². The molecule has 0 amide bonds. The quantitative estimate of drug-likeness (QED) is 0.830. The van der Waals surface area contributed by atoms with Gasteiger partial charge in [-0.3, -0.25) is 4.90 Å². The Morgan fingerprint density at radius 3 is 2.62 bits per heavy atom. The fraction of sp³-hybridized carbons (Fsp3) is 0.571. The minimum atomic E-state index is 0.629. The van der Waals surface area contributed by atoms with Crippen LogP contribution in [0.5, 0.6) is 0 Å². The monoisotopic (exact) mass is 216 g/mol. The minimum Gasteiger partial charge on any atom is -0.315 e. The zero-order valence-corrected chi connectivity index (χ0v) is 9.95. The molecule has 0 bridgehead atoms. The Labute approximate surface area is 97.6 Å². The largest absolute Gasteiger partial charge is 0.315 e. The summed E-state index contributed by atoms with van der Waals surface area (Å²) in [5, 5.41) is 3.49. The van der Waals surface area contributed by atoms with Gasteiger partial charge in [0.25, 0.3) is 0 Å². The first-order valence-electron chi connectivity index (χ1n) is 6.26. The molecule has 2 fully saturated rings. The van der Waals surface area contributed by atoms with Crippen molar-refractivity contribution >= 4 is 0 Å². The van der Waals surface area contributed by atoms with E-state index in [1.165, 1.54) is 31.5 Å². The normalized spacial score (nSPS) is 27.4. The Bertz CT molecular complexity index is 356. The maximum Gasteiger partial charge on any atom is 0.0260 e. The van der Waals surface area contributed by atoms with E-state index in [-0.39, 0.29) is 0 Å². The highest BCUT2D eigenvalue weighted by molar-refractivity contribution is 5.16. The highest BCUT2D eigenvalue weighted by atomic mass is 15.2. The summed E-state index contributed by atoms with van der Waals surface area (Å²) in [4.78, 5) is 2.60. The summed E-state index contributed by atoms with van der Waals surface area (Å²) >= 11 is 0. The molecular weight excluding hydrogens is 196 g/mol. The molecule has 1 heterocycles. The van der Waals surface area contributed by atoms with E-state index in [2.05, 4.69) is 47.6 Å². The second-order valence-electron chi connectivity index (χ2n) is 5.36. The summed E-state index contributed by atoms with van der Waals surface area (Å²) in [5.41, 5.74) is 2.07. The predicted molar refractivity (Wildman–Crippen MR) is 66.2 cm³/mol. The highest BCUT2D eigenvalue weighted by Gasteiger charge is 2.54. The molecule has 1 aliphatic carbocycles. The molecule has 16 heavy (non-hydrogen) atoms. The lowest BCUT2D eigenvalue weighted by molar-refractivity contribution is 0.312. The van der Waals surface area contributed by atoms with Crippen molar-refractivity contribution in [3.8, 4) is 0 Å². The van der Waals surface area contributed by atoms with Gasteiger partial charge in [0.1, 0.15) is 0 Å². The zero-order valence-electron chi connectivity index (χ0n) is 9.95. The van der Waals surface area contributed by atoms with Gasteiger partial charge < -0.3 is 5.32 Å². The van der Waals surface area contributed by atoms with E-state index in [9.17, 15) is 0 Å². The van der Waals surface area contributed by atoms with Gasteiger partial charge in [-0.25, -0.2) is 0 Å². The third-order valence-corrected chi connectivity index (χ3v) is 4.21. The van der Waals surface area contributed by atoms with E-state index >= 15 is 0 Å². The number of hydrogen-bond donors (Lipinski definition) is 1. The van der Waals surface area contributed by atoms with Gasteiger partial charge in [-0.2, -0.15) is 0 Å². The van der Waals surface area contributed by atoms with Crippen molar-refractivity contribution in [2.24, 2.45) is 5.41 Å². The molecule has 86 valence electrons. The topological polar surface area (TPSA) is 15.3 Å². The van der Waals surface area contributed by atoms with Crippen LogP contribution in [0.2, 0.25) is 0 Å². The minimum absolute atomic E-state index is 0.629. The lowest BCUT2D eigenvalue weighted by atomic mass is 10.0. The van der Waals surface area contributed by atoms with E-state index in [4.69, 9.17) is 0 Å². The first kappa shape index (κ1) is 10.3. The van der Waals surface area contributed by atoms with Gasteiger partial charge in [-0.1, -0.05) is 30.3 Å². The van der Waals surface area contributed by atoms with Crippen LogP contribution in [0.4, 0.5) is 0 Å².